The normalized spacial score (nSPS) is 12.8. The SMILES string of the molecule is CNC(N)c1ccc(N)nc1N. The van der Waals surface area contributed by atoms with Crippen molar-refractivity contribution in [3.63, 3.8) is 0 Å². The van der Waals surface area contributed by atoms with Gasteiger partial charge in [0.1, 0.15) is 11.6 Å². The van der Waals surface area contributed by atoms with Gasteiger partial charge in [-0.1, -0.05) is 0 Å². The summed E-state index contributed by atoms with van der Waals surface area (Å²) in [6, 6.07) is 3.43. The highest BCUT2D eigenvalue weighted by Gasteiger charge is 2.07. The van der Waals surface area contributed by atoms with E-state index < -0.39 is 0 Å². The van der Waals surface area contributed by atoms with Crippen LogP contribution in [0.2, 0.25) is 0 Å². The molecule has 1 unspecified atom stereocenters. The molecule has 0 saturated heterocycles. The second kappa shape index (κ2) is 3.38. The van der Waals surface area contributed by atoms with Crippen molar-refractivity contribution in [2.45, 2.75) is 6.17 Å². The van der Waals surface area contributed by atoms with Crippen LogP contribution < -0.4 is 22.5 Å². The first-order valence-corrected chi connectivity index (χ1v) is 3.60. The van der Waals surface area contributed by atoms with Crippen molar-refractivity contribution in [2.24, 2.45) is 5.73 Å². The van der Waals surface area contributed by atoms with Gasteiger partial charge in [-0.25, -0.2) is 4.98 Å². The van der Waals surface area contributed by atoms with E-state index in [1.807, 2.05) is 0 Å². The summed E-state index contributed by atoms with van der Waals surface area (Å²) in [5, 5.41) is 2.86. The number of pyridine rings is 1. The van der Waals surface area contributed by atoms with Crippen LogP contribution in [0.3, 0.4) is 0 Å². The number of rotatable bonds is 2. The van der Waals surface area contributed by atoms with Crippen LogP contribution in [0.5, 0.6) is 0 Å². The third-order valence-corrected chi connectivity index (χ3v) is 1.63. The zero-order chi connectivity index (χ0) is 9.14. The minimum Gasteiger partial charge on any atom is -0.384 e. The second-order valence-corrected chi connectivity index (χ2v) is 2.48. The first-order valence-electron chi connectivity index (χ1n) is 3.60. The van der Waals surface area contributed by atoms with Crippen LogP contribution >= 0.6 is 0 Å². The van der Waals surface area contributed by atoms with Crippen molar-refractivity contribution in [1.29, 1.82) is 0 Å². The summed E-state index contributed by atoms with van der Waals surface area (Å²) in [6.45, 7) is 0. The van der Waals surface area contributed by atoms with E-state index in [0.29, 0.717) is 11.6 Å². The fourth-order valence-corrected chi connectivity index (χ4v) is 0.920. The van der Waals surface area contributed by atoms with Crippen LogP contribution in [0, 0.1) is 0 Å². The van der Waals surface area contributed by atoms with Gasteiger partial charge in [-0.2, -0.15) is 0 Å². The molecule has 0 spiro atoms. The first-order chi connectivity index (χ1) is 5.65. The maximum Gasteiger partial charge on any atom is 0.131 e. The molecule has 0 aromatic carbocycles. The third kappa shape index (κ3) is 1.63. The number of hydrogen-bond donors (Lipinski definition) is 4. The van der Waals surface area contributed by atoms with Gasteiger partial charge in [0.2, 0.25) is 0 Å². The minimum absolute atomic E-state index is 0.293. The smallest absolute Gasteiger partial charge is 0.131 e. The van der Waals surface area contributed by atoms with Crippen molar-refractivity contribution >= 4 is 11.6 Å². The molecule has 0 saturated carbocycles. The van der Waals surface area contributed by atoms with Crippen LogP contribution in [-0.2, 0) is 0 Å². The predicted molar refractivity (Wildman–Crippen MR) is 49.0 cm³/mol. The van der Waals surface area contributed by atoms with Crippen molar-refractivity contribution in [1.82, 2.24) is 10.3 Å². The topological polar surface area (TPSA) is 103 Å². The average molecular weight is 167 g/mol. The van der Waals surface area contributed by atoms with Crippen LogP contribution in [-0.4, -0.2) is 12.0 Å². The lowest BCUT2D eigenvalue weighted by atomic mass is 10.2. The molecule has 0 fully saturated rings. The largest absolute Gasteiger partial charge is 0.384 e. The van der Waals surface area contributed by atoms with E-state index in [-0.39, 0.29) is 6.17 Å². The monoisotopic (exact) mass is 167 g/mol. The Hall–Kier alpha value is -1.33. The van der Waals surface area contributed by atoms with Crippen molar-refractivity contribution < 1.29 is 0 Å². The number of hydrogen-bond acceptors (Lipinski definition) is 5. The van der Waals surface area contributed by atoms with Gasteiger partial charge in [-0.3, -0.25) is 0 Å². The molecule has 0 aliphatic carbocycles. The second-order valence-electron chi connectivity index (χ2n) is 2.48. The standard InChI is InChI=1S/C7H13N5/c1-11-6(9)4-2-3-5(8)12-7(4)10/h2-3,6,11H,9H2,1H3,(H4,8,10,12). The number of aromatic nitrogens is 1. The lowest BCUT2D eigenvalue weighted by molar-refractivity contribution is 0.622. The van der Waals surface area contributed by atoms with Gasteiger partial charge >= 0.3 is 0 Å². The maximum atomic E-state index is 5.67. The highest BCUT2D eigenvalue weighted by atomic mass is 15.0. The van der Waals surface area contributed by atoms with Gasteiger partial charge in [0.25, 0.3) is 0 Å². The lowest BCUT2D eigenvalue weighted by Gasteiger charge is -2.12. The number of nitrogens with zero attached hydrogens (tertiary/aromatic N) is 1. The molecule has 1 rings (SSSR count). The van der Waals surface area contributed by atoms with Gasteiger partial charge in [-0.15, -0.1) is 0 Å². The summed E-state index contributed by atoms with van der Waals surface area (Å²) in [4.78, 5) is 3.88. The van der Waals surface area contributed by atoms with E-state index in [9.17, 15) is 0 Å². The molecule has 66 valence electrons. The summed E-state index contributed by atoms with van der Waals surface area (Å²) in [5.74, 6) is 0.774. The molecule has 1 aromatic rings. The number of nitrogen functional groups attached to an aromatic ring is 2. The molecule has 1 aromatic heterocycles. The van der Waals surface area contributed by atoms with E-state index in [0.717, 1.165) is 5.56 Å². The molecule has 0 bridgehead atoms. The number of nitrogens with two attached hydrogens (primary N) is 3. The van der Waals surface area contributed by atoms with E-state index in [1.165, 1.54) is 0 Å². The summed E-state index contributed by atoms with van der Waals surface area (Å²) >= 11 is 0. The maximum absolute atomic E-state index is 5.67. The first kappa shape index (κ1) is 8.76. The summed E-state index contributed by atoms with van der Waals surface area (Å²) in [7, 11) is 1.75. The molecule has 5 heteroatoms. The Morgan fingerprint density at radius 3 is 2.58 bits per heavy atom. The summed E-state index contributed by atoms with van der Waals surface area (Å²) in [5.41, 5.74) is 17.4. The molecular formula is C7H13N5. The summed E-state index contributed by atoms with van der Waals surface area (Å²) in [6.07, 6.45) is -0.293. The van der Waals surface area contributed by atoms with Gasteiger partial charge < -0.3 is 22.5 Å². The Labute approximate surface area is 71.0 Å². The van der Waals surface area contributed by atoms with Gasteiger partial charge in [0, 0.05) is 5.56 Å². The molecule has 5 nitrogen and oxygen atoms in total. The van der Waals surface area contributed by atoms with E-state index >= 15 is 0 Å². The Kier molecular flexibility index (Phi) is 2.47. The van der Waals surface area contributed by atoms with Crippen molar-refractivity contribution in [3.05, 3.63) is 17.7 Å². The highest BCUT2D eigenvalue weighted by Crippen LogP contribution is 2.15. The molecule has 0 amide bonds. The molecule has 0 aliphatic heterocycles. The highest BCUT2D eigenvalue weighted by molar-refractivity contribution is 5.47. The Bertz CT molecular complexity index is 272. The third-order valence-electron chi connectivity index (χ3n) is 1.63. The van der Waals surface area contributed by atoms with Crippen LogP contribution in [0.1, 0.15) is 11.7 Å². The van der Waals surface area contributed by atoms with Gasteiger partial charge in [-0.05, 0) is 19.2 Å². The average Bonchev–Trinajstić information content (AvgIpc) is 2.03. The molecule has 0 radical (unpaired) electrons. The Balaban J connectivity index is 3.01. The van der Waals surface area contributed by atoms with E-state index in [2.05, 4.69) is 10.3 Å². The van der Waals surface area contributed by atoms with Crippen LogP contribution in [0.25, 0.3) is 0 Å². The zero-order valence-corrected chi connectivity index (χ0v) is 6.91. The van der Waals surface area contributed by atoms with Crippen molar-refractivity contribution in [3.8, 4) is 0 Å². The Morgan fingerprint density at radius 1 is 1.42 bits per heavy atom. The van der Waals surface area contributed by atoms with Crippen LogP contribution in [0.4, 0.5) is 11.6 Å². The molecule has 0 aliphatic rings. The minimum atomic E-state index is -0.293. The molecule has 7 N–H and O–H groups in total. The van der Waals surface area contributed by atoms with Crippen LogP contribution in [0.15, 0.2) is 12.1 Å². The van der Waals surface area contributed by atoms with Crippen molar-refractivity contribution in [2.75, 3.05) is 18.5 Å². The fourth-order valence-electron chi connectivity index (χ4n) is 0.920. The molecular weight excluding hydrogens is 154 g/mol. The molecule has 1 atom stereocenters. The van der Waals surface area contributed by atoms with E-state index in [1.54, 1.807) is 19.2 Å². The molecule has 12 heavy (non-hydrogen) atoms. The number of nitrogens with one attached hydrogen (secondary N) is 1. The van der Waals surface area contributed by atoms with Gasteiger partial charge in [0.05, 0.1) is 6.17 Å². The van der Waals surface area contributed by atoms with E-state index in [4.69, 9.17) is 17.2 Å². The molecule has 1 heterocycles. The fraction of sp³-hybridized carbons (Fsp3) is 0.286. The Morgan fingerprint density at radius 2 is 2.08 bits per heavy atom. The number of anilines is 2. The lowest BCUT2D eigenvalue weighted by Crippen LogP contribution is -2.26. The zero-order valence-electron chi connectivity index (χ0n) is 6.91. The summed E-state index contributed by atoms with van der Waals surface area (Å²) < 4.78 is 0. The predicted octanol–water partition coefficient (Wildman–Crippen LogP) is -0.577. The van der Waals surface area contributed by atoms with Gasteiger partial charge in [0.15, 0.2) is 0 Å². The quantitative estimate of drug-likeness (QED) is 0.441.